The molecule has 29 heavy (non-hydrogen) atoms. The van der Waals surface area contributed by atoms with E-state index in [1.807, 2.05) is 39.5 Å². The highest BCUT2D eigenvalue weighted by Gasteiger charge is 2.36. The summed E-state index contributed by atoms with van der Waals surface area (Å²) in [6.07, 6.45) is -0.361. The Bertz CT molecular complexity index is 970. The summed E-state index contributed by atoms with van der Waals surface area (Å²) in [5.41, 5.74) is -0.486. The van der Waals surface area contributed by atoms with Gasteiger partial charge in [0.05, 0.1) is 9.50 Å². The van der Waals surface area contributed by atoms with E-state index < -0.39 is 11.4 Å². The summed E-state index contributed by atoms with van der Waals surface area (Å²) >= 11 is 15.4. The zero-order valence-corrected chi connectivity index (χ0v) is 19.9. The van der Waals surface area contributed by atoms with Crippen LogP contribution in [-0.2, 0) is 4.74 Å². The SMILES string of the molecule is C[C@@H]1CN(c2nc(Cl)nc3c(F)c(Br)c(Cl)cc23)[C@@H](C)CN1C(=O)OC(C)(C)C. The third kappa shape index (κ3) is 4.54. The average Bonchev–Trinajstić information content (AvgIpc) is 2.60. The Morgan fingerprint density at radius 1 is 1.24 bits per heavy atom. The van der Waals surface area contributed by atoms with Gasteiger partial charge in [-0.3, -0.25) is 0 Å². The normalized spacial score (nSPS) is 20.3. The van der Waals surface area contributed by atoms with E-state index in [4.69, 9.17) is 27.9 Å². The third-order valence-electron chi connectivity index (χ3n) is 4.67. The molecule has 6 nitrogen and oxygen atoms in total. The maximum atomic E-state index is 14.7. The van der Waals surface area contributed by atoms with Crippen molar-refractivity contribution in [3.8, 4) is 0 Å². The van der Waals surface area contributed by atoms with Gasteiger partial charge in [-0.1, -0.05) is 11.6 Å². The Hall–Kier alpha value is -1.38. The number of amides is 1. The van der Waals surface area contributed by atoms with Crippen LogP contribution in [0, 0.1) is 5.82 Å². The second-order valence-electron chi connectivity index (χ2n) is 8.18. The fourth-order valence-corrected chi connectivity index (χ4v) is 4.00. The van der Waals surface area contributed by atoms with Gasteiger partial charge >= 0.3 is 6.09 Å². The van der Waals surface area contributed by atoms with E-state index in [9.17, 15) is 9.18 Å². The van der Waals surface area contributed by atoms with Crippen molar-refractivity contribution in [2.24, 2.45) is 0 Å². The molecule has 1 aromatic heterocycles. The van der Waals surface area contributed by atoms with Crippen LogP contribution in [0.2, 0.25) is 10.3 Å². The molecule has 0 N–H and O–H groups in total. The summed E-state index contributed by atoms with van der Waals surface area (Å²) in [6, 6.07) is 1.35. The first kappa shape index (κ1) is 22.3. The monoisotopic (exact) mass is 506 g/mol. The number of carbonyl (C=O) groups excluding carboxylic acids is 1. The van der Waals surface area contributed by atoms with Gasteiger partial charge < -0.3 is 14.5 Å². The number of halogens is 4. The molecule has 1 amide bonds. The molecule has 1 saturated heterocycles. The number of benzene rings is 1. The van der Waals surface area contributed by atoms with E-state index in [-0.39, 0.29) is 38.5 Å². The van der Waals surface area contributed by atoms with E-state index in [1.54, 1.807) is 11.0 Å². The number of carbonyl (C=O) groups is 1. The van der Waals surface area contributed by atoms with E-state index in [2.05, 4.69) is 25.9 Å². The van der Waals surface area contributed by atoms with E-state index in [1.165, 1.54) is 0 Å². The minimum absolute atomic E-state index is 0.0601. The number of rotatable bonds is 1. The minimum Gasteiger partial charge on any atom is -0.444 e. The van der Waals surface area contributed by atoms with Gasteiger partial charge in [-0.2, -0.15) is 4.98 Å². The zero-order chi connectivity index (χ0) is 21.7. The Balaban J connectivity index is 1.98. The first-order valence-electron chi connectivity index (χ1n) is 9.16. The fraction of sp³-hybridized carbons (Fsp3) is 0.526. The molecule has 0 radical (unpaired) electrons. The van der Waals surface area contributed by atoms with Gasteiger partial charge in [0.25, 0.3) is 0 Å². The molecule has 3 rings (SSSR count). The third-order valence-corrected chi connectivity index (χ3v) is 6.14. The van der Waals surface area contributed by atoms with Gasteiger partial charge in [-0.05, 0) is 68.2 Å². The molecule has 158 valence electrons. The molecular formula is C19H22BrCl2FN4O2. The van der Waals surface area contributed by atoms with Crippen molar-refractivity contribution in [1.82, 2.24) is 14.9 Å². The van der Waals surface area contributed by atoms with E-state index in [0.717, 1.165) is 0 Å². The lowest BCUT2D eigenvalue weighted by molar-refractivity contribution is 0.0130. The predicted molar refractivity (Wildman–Crippen MR) is 116 cm³/mol. The van der Waals surface area contributed by atoms with Crippen molar-refractivity contribution in [1.29, 1.82) is 0 Å². The zero-order valence-electron chi connectivity index (χ0n) is 16.8. The molecule has 2 atom stereocenters. The number of hydrogen-bond acceptors (Lipinski definition) is 5. The van der Waals surface area contributed by atoms with Gasteiger partial charge in [0.2, 0.25) is 5.28 Å². The van der Waals surface area contributed by atoms with Crippen molar-refractivity contribution < 1.29 is 13.9 Å². The largest absolute Gasteiger partial charge is 0.444 e. The first-order chi connectivity index (χ1) is 13.4. The van der Waals surface area contributed by atoms with Gasteiger partial charge in [-0.15, -0.1) is 0 Å². The molecule has 0 spiro atoms. The summed E-state index contributed by atoms with van der Waals surface area (Å²) in [7, 11) is 0. The highest BCUT2D eigenvalue weighted by Crippen LogP contribution is 2.37. The molecule has 0 aliphatic carbocycles. The number of hydrogen-bond donors (Lipinski definition) is 0. The summed E-state index contributed by atoms with van der Waals surface area (Å²) in [6.45, 7) is 10.3. The number of fused-ring (bicyclic) bond motifs is 1. The quantitative estimate of drug-likeness (QED) is 0.367. The van der Waals surface area contributed by atoms with E-state index in [0.29, 0.717) is 24.3 Å². The maximum absolute atomic E-state index is 14.7. The number of anilines is 1. The van der Waals surface area contributed by atoms with Crippen molar-refractivity contribution in [2.45, 2.75) is 52.3 Å². The smallest absolute Gasteiger partial charge is 0.410 e. The summed E-state index contributed by atoms with van der Waals surface area (Å²) in [4.78, 5) is 24.7. The number of nitrogens with zero attached hydrogens (tertiary/aromatic N) is 4. The van der Waals surface area contributed by atoms with Crippen molar-refractivity contribution >= 4 is 61.9 Å². The topological polar surface area (TPSA) is 58.6 Å². The maximum Gasteiger partial charge on any atom is 0.410 e. The molecule has 2 aromatic rings. The van der Waals surface area contributed by atoms with Crippen LogP contribution < -0.4 is 4.90 Å². The van der Waals surface area contributed by atoms with Gasteiger partial charge in [0, 0.05) is 30.6 Å². The second-order valence-corrected chi connectivity index (χ2v) is 9.72. The lowest BCUT2D eigenvalue weighted by Gasteiger charge is -2.44. The Morgan fingerprint density at radius 3 is 2.52 bits per heavy atom. The standard InChI is InChI=1S/C19H22BrCl2FN4O2/c1-9-8-27(18(28)29-19(3,4)5)10(2)7-26(9)16-11-6-12(21)13(20)14(23)15(11)24-17(22)25-16/h6,9-10H,7-8H2,1-5H3/t9-,10+/m0/s1. The molecule has 1 aliphatic rings. The fourth-order valence-electron chi connectivity index (χ4n) is 3.35. The lowest BCUT2D eigenvalue weighted by atomic mass is 10.1. The lowest BCUT2D eigenvalue weighted by Crippen LogP contribution is -2.59. The van der Waals surface area contributed by atoms with Gasteiger partial charge in [0.15, 0.2) is 5.82 Å². The van der Waals surface area contributed by atoms with Crippen LogP contribution in [0.4, 0.5) is 15.0 Å². The Kier molecular flexibility index (Phi) is 6.18. The van der Waals surface area contributed by atoms with Crippen LogP contribution in [0.25, 0.3) is 10.9 Å². The summed E-state index contributed by atoms with van der Waals surface area (Å²) in [5.74, 6) is -0.109. The number of piperazine rings is 1. The molecule has 2 heterocycles. The van der Waals surface area contributed by atoms with Crippen LogP contribution in [0.5, 0.6) is 0 Å². The minimum atomic E-state index is -0.592. The molecule has 0 unspecified atom stereocenters. The molecule has 1 aromatic carbocycles. The molecule has 1 fully saturated rings. The number of ether oxygens (including phenoxy) is 1. The highest BCUT2D eigenvalue weighted by atomic mass is 79.9. The van der Waals surface area contributed by atoms with Crippen molar-refractivity contribution in [2.75, 3.05) is 18.0 Å². The van der Waals surface area contributed by atoms with Gasteiger partial charge in [0.1, 0.15) is 16.9 Å². The molecule has 1 aliphatic heterocycles. The van der Waals surface area contributed by atoms with Gasteiger partial charge in [-0.25, -0.2) is 14.2 Å². The predicted octanol–water partition coefficient (Wildman–Crippen LogP) is 5.67. The molecule has 0 bridgehead atoms. The van der Waals surface area contributed by atoms with Crippen molar-refractivity contribution in [3.63, 3.8) is 0 Å². The molecule has 10 heteroatoms. The average molecular weight is 508 g/mol. The highest BCUT2D eigenvalue weighted by molar-refractivity contribution is 9.10. The Labute approximate surface area is 187 Å². The summed E-state index contributed by atoms with van der Waals surface area (Å²) in [5, 5.41) is 0.621. The van der Waals surface area contributed by atoms with Crippen LogP contribution in [0.3, 0.4) is 0 Å². The van der Waals surface area contributed by atoms with Crippen LogP contribution >= 0.6 is 39.1 Å². The molecular weight excluding hydrogens is 486 g/mol. The van der Waals surface area contributed by atoms with Crippen molar-refractivity contribution in [3.05, 3.63) is 26.7 Å². The van der Waals surface area contributed by atoms with Crippen LogP contribution in [-0.4, -0.2) is 51.7 Å². The van der Waals surface area contributed by atoms with E-state index >= 15 is 0 Å². The summed E-state index contributed by atoms with van der Waals surface area (Å²) < 4.78 is 20.4. The molecule has 0 saturated carbocycles. The second kappa shape index (κ2) is 8.04. The first-order valence-corrected chi connectivity index (χ1v) is 10.7. The van der Waals surface area contributed by atoms with Crippen LogP contribution in [0.15, 0.2) is 10.5 Å². The Morgan fingerprint density at radius 2 is 1.90 bits per heavy atom. The number of aromatic nitrogens is 2. The van der Waals surface area contributed by atoms with Crippen LogP contribution in [0.1, 0.15) is 34.6 Å².